The van der Waals surface area contributed by atoms with E-state index in [2.05, 4.69) is 5.32 Å². The second-order valence-corrected chi connectivity index (χ2v) is 12.2. The van der Waals surface area contributed by atoms with Gasteiger partial charge in [-0.3, -0.25) is 4.79 Å². The van der Waals surface area contributed by atoms with Crippen LogP contribution in [0.25, 0.3) is 0 Å². The van der Waals surface area contributed by atoms with E-state index in [4.69, 9.17) is 21.1 Å². The van der Waals surface area contributed by atoms with E-state index in [-0.39, 0.29) is 45.4 Å². The first-order valence-corrected chi connectivity index (χ1v) is 13.8. The van der Waals surface area contributed by atoms with Crippen LogP contribution in [0.3, 0.4) is 0 Å². The third-order valence-corrected chi connectivity index (χ3v) is 10.0. The van der Waals surface area contributed by atoms with Crippen molar-refractivity contribution in [1.29, 1.82) is 0 Å². The normalized spacial score (nSPS) is 27.8. The van der Waals surface area contributed by atoms with Crippen molar-refractivity contribution in [3.05, 3.63) is 58.4 Å². The van der Waals surface area contributed by atoms with Crippen LogP contribution in [0.15, 0.2) is 35.2 Å². The number of carbonyl (C=O) groups excluding carboxylic acids is 1. The Morgan fingerprint density at radius 3 is 2.31 bits per heavy atom. The number of amides is 1. The van der Waals surface area contributed by atoms with E-state index >= 15 is 0 Å². The number of carbonyl (C=O) groups is 1. The highest BCUT2D eigenvalue weighted by molar-refractivity contribution is 7.92. The number of nitrogens with one attached hydrogen (secondary N) is 1. The largest absolute Gasteiger partial charge is 0.353 e. The van der Waals surface area contributed by atoms with Gasteiger partial charge in [-0.05, 0) is 62.1 Å². The van der Waals surface area contributed by atoms with E-state index in [1.165, 1.54) is 18.2 Å². The van der Waals surface area contributed by atoms with Gasteiger partial charge in [-0.15, -0.1) is 0 Å². The van der Waals surface area contributed by atoms with Gasteiger partial charge in [0, 0.05) is 36.4 Å². The van der Waals surface area contributed by atoms with Crippen LogP contribution in [0.2, 0.25) is 5.02 Å². The molecule has 1 saturated heterocycles. The first kappa shape index (κ1) is 25.5. The average molecular weight is 544 g/mol. The van der Waals surface area contributed by atoms with E-state index in [9.17, 15) is 26.4 Å². The summed E-state index contributed by atoms with van der Waals surface area (Å²) in [7, 11) is -3.89. The zero-order valence-corrected chi connectivity index (χ0v) is 20.8. The van der Waals surface area contributed by atoms with E-state index < -0.39 is 38.4 Å². The summed E-state index contributed by atoms with van der Waals surface area (Å²) in [5.41, 5.74) is -0.376. The van der Waals surface area contributed by atoms with Crippen LogP contribution in [0, 0.1) is 29.3 Å². The molecule has 1 amide bonds. The Hall–Kier alpha value is -2.14. The number of hydrogen-bond donors (Lipinski definition) is 1. The van der Waals surface area contributed by atoms with Crippen molar-refractivity contribution in [2.24, 2.45) is 11.8 Å². The summed E-state index contributed by atoms with van der Waals surface area (Å²) in [5, 5.41) is 1.57. The number of hydrogen-bond acceptors (Lipinski definition) is 5. The quantitative estimate of drug-likeness (QED) is 0.487. The third-order valence-electron chi connectivity index (χ3n) is 7.35. The average Bonchev–Trinajstić information content (AvgIpc) is 3.42. The van der Waals surface area contributed by atoms with Gasteiger partial charge in [0.2, 0.25) is 0 Å². The lowest BCUT2D eigenvalue weighted by atomic mass is 9.85. The van der Waals surface area contributed by atoms with Gasteiger partial charge in [-0.25, -0.2) is 21.6 Å². The summed E-state index contributed by atoms with van der Waals surface area (Å²) >= 11 is 6.26. The Balaban J connectivity index is 1.34. The van der Waals surface area contributed by atoms with E-state index in [0.29, 0.717) is 31.6 Å². The molecule has 0 radical (unpaired) electrons. The maximum atomic E-state index is 13.6. The van der Waals surface area contributed by atoms with Gasteiger partial charge in [0.1, 0.15) is 0 Å². The highest BCUT2D eigenvalue weighted by atomic mass is 35.5. The van der Waals surface area contributed by atoms with Gasteiger partial charge in [-0.2, -0.15) is 0 Å². The number of sulfone groups is 1. The second-order valence-electron chi connectivity index (χ2n) is 9.63. The molecule has 11 heteroatoms. The minimum atomic E-state index is -3.89. The maximum absolute atomic E-state index is 13.6. The van der Waals surface area contributed by atoms with Crippen molar-refractivity contribution in [3.8, 4) is 0 Å². The van der Waals surface area contributed by atoms with E-state index in [0.717, 1.165) is 25.7 Å². The minimum Gasteiger partial charge on any atom is -0.353 e. The Morgan fingerprint density at radius 2 is 1.69 bits per heavy atom. The number of benzene rings is 2. The van der Waals surface area contributed by atoms with Crippen molar-refractivity contribution >= 4 is 33.0 Å². The van der Waals surface area contributed by atoms with Crippen molar-refractivity contribution in [1.82, 2.24) is 0 Å². The monoisotopic (exact) mass is 543 g/mol. The van der Waals surface area contributed by atoms with Crippen molar-refractivity contribution in [2.45, 2.75) is 61.1 Å². The summed E-state index contributed by atoms with van der Waals surface area (Å²) in [5.74, 6) is -5.20. The van der Waals surface area contributed by atoms with Crippen molar-refractivity contribution < 1.29 is 35.9 Å². The summed E-state index contributed by atoms with van der Waals surface area (Å²) < 4.78 is 79.2. The molecule has 3 aliphatic rings. The first-order valence-electron chi connectivity index (χ1n) is 11.9. The molecule has 1 heterocycles. The van der Waals surface area contributed by atoms with Gasteiger partial charge in [0.25, 0.3) is 5.91 Å². The van der Waals surface area contributed by atoms with Gasteiger partial charge in [-0.1, -0.05) is 11.6 Å². The Kier molecular flexibility index (Phi) is 7.06. The molecule has 0 spiro atoms. The van der Waals surface area contributed by atoms with Crippen LogP contribution >= 0.6 is 11.6 Å². The molecule has 2 aromatic rings. The highest BCUT2D eigenvalue weighted by Crippen LogP contribution is 2.48. The third kappa shape index (κ3) is 4.88. The molecule has 5 rings (SSSR count). The Morgan fingerprint density at radius 1 is 1.03 bits per heavy atom. The van der Waals surface area contributed by atoms with Crippen LogP contribution in [0.1, 0.15) is 48.9 Å². The molecule has 1 N–H and O–H groups in total. The summed E-state index contributed by atoms with van der Waals surface area (Å²) in [6.07, 6.45) is 4.18. The number of ether oxygens (including phenoxy) is 2. The molecule has 2 saturated carbocycles. The molecular weight excluding hydrogens is 519 g/mol. The van der Waals surface area contributed by atoms with Crippen LogP contribution < -0.4 is 5.32 Å². The predicted molar refractivity (Wildman–Crippen MR) is 126 cm³/mol. The van der Waals surface area contributed by atoms with E-state index in [1.54, 1.807) is 0 Å². The molecule has 194 valence electrons. The fourth-order valence-electron chi connectivity index (χ4n) is 5.60. The number of fused-ring (bicyclic) bond motifs is 2. The number of halogens is 4. The molecule has 0 aromatic heterocycles. The lowest BCUT2D eigenvalue weighted by Gasteiger charge is -2.36. The molecule has 36 heavy (non-hydrogen) atoms. The smallest absolute Gasteiger partial charge is 0.255 e. The molecular formula is C25H25ClF3NO5S. The van der Waals surface area contributed by atoms with E-state index in [1.807, 2.05) is 0 Å². The second kappa shape index (κ2) is 9.96. The standard InChI is InChI=1S/C25H25ClF3NO5S/c26-18-6-5-15(25(31)30-16-11-19(27)23(29)20(28)12-16)10-21(18)36(32,33)17-8-13-3-4-14(9-17)24(13)35-22-2-1-7-34-22/h5-6,10-14,17,22,24H,1-4,7-9H2,(H,30,31). The van der Waals surface area contributed by atoms with Gasteiger partial charge < -0.3 is 14.8 Å². The fourth-order valence-corrected chi connectivity index (χ4v) is 8.03. The summed E-state index contributed by atoms with van der Waals surface area (Å²) in [6, 6.07) is 5.05. The van der Waals surface area contributed by atoms with Crippen LogP contribution in [0.4, 0.5) is 18.9 Å². The number of anilines is 1. The highest BCUT2D eigenvalue weighted by Gasteiger charge is 2.48. The molecule has 2 aromatic carbocycles. The molecule has 2 bridgehead atoms. The van der Waals surface area contributed by atoms with Gasteiger partial charge in [0.05, 0.1) is 21.3 Å². The zero-order valence-electron chi connectivity index (χ0n) is 19.2. The lowest BCUT2D eigenvalue weighted by molar-refractivity contribution is -0.169. The number of rotatable bonds is 6. The first-order chi connectivity index (χ1) is 17.1. The molecule has 1 aliphatic heterocycles. The summed E-state index contributed by atoms with van der Waals surface area (Å²) in [4.78, 5) is 12.5. The molecule has 6 nitrogen and oxygen atoms in total. The van der Waals surface area contributed by atoms with Gasteiger partial charge in [0.15, 0.2) is 33.6 Å². The lowest BCUT2D eigenvalue weighted by Crippen LogP contribution is -2.40. The SMILES string of the molecule is O=C(Nc1cc(F)c(F)c(F)c1)c1ccc(Cl)c(S(=O)(=O)C2CC3CCC(C2)C3OC2CCCO2)c1. The summed E-state index contributed by atoms with van der Waals surface area (Å²) in [6.45, 7) is 0.678. The maximum Gasteiger partial charge on any atom is 0.255 e. The van der Waals surface area contributed by atoms with Gasteiger partial charge >= 0.3 is 0 Å². The molecule has 2 aliphatic carbocycles. The van der Waals surface area contributed by atoms with Crippen LogP contribution in [0.5, 0.6) is 0 Å². The molecule has 3 fully saturated rings. The fraction of sp³-hybridized carbons (Fsp3) is 0.480. The molecule has 3 atom stereocenters. The minimum absolute atomic E-state index is 0.0181. The van der Waals surface area contributed by atoms with Crippen molar-refractivity contribution in [3.63, 3.8) is 0 Å². The predicted octanol–water partition coefficient (Wildman–Crippen LogP) is 5.49. The van der Waals surface area contributed by atoms with Crippen LogP contribution in [-0.2, 0) is 19.3 Å². The topological polar surface area (TPSA) is 81.7 Å². The van der Waals surface area contributed by atoms with Crippen molar-refractivity contribution in [2.75, 3.05) is 11.9 Å². The zero-order chi connectivity index (χ0) is 25.6. The van der Waals surface area contributed by atoms with Crippen LogP contribution in [-0.4, -0.2) is 38.6 Å². The molecule has 3 unspecified atom stereocenters. The Bertz CT molecular complexity index is 1250. The Labute approximate surface area is 212 Å².